The number of hydrogen-bond donors (Lipinski definition) is 1. The van der Waals surface area contributed by atoms with Crippen LogP contribution >= 0.6 is 11.6 Å². The second kappa shape index (κ2) is 7.11. The molecule has 1 N–H and O–H groups in total. The average molecular weight is 313 g/mol. The quantitative estimate of drug-likeness (QED) is 0.841. The molecular formula is C15H21ClN2O3. The molecule has 1 fully saturated rings. The van der Waals surface area contributed by atoms with E-state index in [1.807, 2.05) is 6.92 Å². The minimum atomic E-state index is -0.202. The molecular weight excluding hydrogens is 292 g/mol. The molecule has 1 aliphatic rings. The molecule has 0 aliphatic carbocycles. The van der Waals surface area contributed by atoms with Gasteiger partial charge in [-0.1, -0.05) is 11.6 Å². The predicted molar refractivity (Wildman–Crippen MR) is 82.8 cm³/mol. The van der Waals surface area contributed by atoms with Crippen LogP contribution in [0.4, 0.5) is 0 Å². The van der Waals surface area contributed by atoms with Gasteiger partial charge in [0.25, 0.3) is 0 Å². The first-order chi connectivity index (χ1) is 10.1. The number of piperazine rings is 1. The van der Waals surface area contributed by atoms with Crippen molar-refractivity contribution in [3.05, 3.63) is 22.7 Å². The first-order valence-corrected chi connectivity index (χ1v) is 7.36. The van der Waals surface area contributed by atoms with Gasteiger partial charge in [-0.3, -0.25) is 9.69 Å². The Bertz CT molecular complexity index is 516. The summed E-state index contributed by atoms with van der Waals surface area (Å²) in [5.41, 5.74) is 0.504. The zero-order valence-corrected chi connectivity index (χ0v) is 13.4. The van der Waals surface area contributed by atoms with Crippen molar-refractivity contribution in [1.82, 2.24) is 10.2 Å². The number of halogens is 1. The molecule has 0 radical (unpaired) electrons. The Morgan fingerprint density at radius 1 is 1.24 bits per heavy atom. The van der Waals surface area contributed by atoms with E-state index in [0.29, 0.717) is 22.1 Å². The van der Waals surface area contributed by atoms with Gasteiger partial charge in [0.2, 0.25) is 0 Å². The second-order valence-electron chi connectivity index (χ2n) is 5.01. The SMILES string of the molecule is COc1cc(C(=O)C(C)N2CCNCC2)c(OC)cc1Cl. The maximum absolute atomic E-state index is 12.8. The molecule has 1 saturated heterocycles. The highest BCUT2D eigenvalue weighted by molar-refractivity contribution is 6.32. The Balaban J connectivity index is 2.28. The highest BCUT2D eigenvalue weighted by atomic mass is 35.5. The van der Waals surface area contributed by atoms with Gasteiger partial charge in [0.05, 0.1) is 30.8 Å². The Morgan fingerprint density at radius 2 is 1.86 bits per heavy atom. The second-order valence-corrected chi connectivity index (χ2v) is 5.42. The molecule has 0 aromatic heterocycles. The Kier molecular flexibility index (Phi) is 5.45. The predicted octanol–water partition coefficient (Wildman–Crippen LogP) is 1.83. The monoisotopic (exact) mass is 312 g/mol. The molecule has 2 rings (SSSR count). The fourth-order valence-electron chi connectivity index (χ4n) is 2.51. The number of benzene rings is 1. The van der Waals surface area contributed by atoms with Gasteiger partial charge in [0.15, 0.2) is 5.78 Å². The molecule has 116 valence electrons. The number of hydrogen-bond acceptors (Lipinski definition) is 5. The molecule has 0 saturated carbocycles. The summed E-state index contributed by atoms with van der Waals surface area (Å²) in [5.74, 6) is 0.977. The number of methoxy groups -OCH3 is 2. The molecule has 1 aliphatic heterocycles. The molecule has 0 bridgehead atoms. The number of carbonyl (C=O) groups excluding carboxylic acids is 1. The van der Waals surface area contributed by atoms with Crippen LogP contribution in [0.5, 0.6) is 11.5 Å². The van der Waals surface area contributed by atoms with E-state index in [4.69, 9.17) is 21.1 Å². The van der Waals surface area contributed by atoms with Gasteiger partial charge in [-0.15, -0.1) is 0 Å². The average Bonchev–Trinajstić information content (AvgIpc) is 2.54. The first kappa shape index (κ1) is 16.1. The van der Waals surface area contributed by atoms with Gasteiger partial charge in [0.1, 0.15) is 11.5 Å². The number of nitrogens with zero attached hydrogens (tertiary/aromatic N) is 1. The molecule has 21 heavy (non-hydrogen) atoms. The molecule has 1 aromatic carbocycles. The maximum atomic E-state index is 12.8. The summed E-state index contributed by atoms with van der Waals surface area (Å²) in [7, 11) is 3.06. The lowest BCUT2D eigenvalue weighted by atomic mass is 10.0. The number of Topliss-reactive ketones (excluding diaryl/α,β-unsaturated/α-hetero) is 1. The lowest BCUT2D eigenvalue weighted by Gasteiger charge is -2.32. The number of rotatable bonds is 5. The number of ketones is 1. The van der Waals surface area contributed by atoms with Crippen LogP contribution in [-0.4, -0.2) is 57.1 Å². The van der Waals surface area contributed by atoms with Gasteiger partial charge in [-0.05, 0) is 13.0 Å². The van der Waals surface area contributed by atoms with E-state index in [-0.39, 0.29) is 11.8 Å². The number of carbonyl (C=O) groups is 1. The van der Waals surface area contributed by atoms with E-state index in [0.717, 1.165) is 26.2 Å². The van der Waals surface area contributed by atoms with Crippen molar-refractivity contribution in [1.29, 1.82) is 0 Å². The summed E-state index contributed by atoms with van der Waals surface area (Å²) < 4.78 is 10.5. The van der Waals surface area contributed by atoms with Crippen LogP contribution in [0.25, 0.3) is 0 Å². The molecule has 1 atom stereocenters. The highest BCUT2D eigenvalue weighted by Gasteiger charge is 2.26. The van der Waals surface area contributed by atoms with Gasteiger partial charge in [-0.25, -0.2) is 0 Å². The van der Waals surface area contributed by atoms with Gasteiger partial charge in [-0.2, -0.15) is 0 Å². The standard InChI is InChI=1S/C15H21ClN2O3/c1-10(18-6-4-17-5-7-18)15(19)11-8-14(21-3)12(16)9-13(11)20-2/h8-10,17H,4-7H2,1-3H3. The Labute approximate surface area is 130 Å². The Hall–Kier alpha value is -1.30. The summed E-state index contributed by atoms with van der Waals surface area (Å²) in [4.78, 5) is 14.9. The van der Waals surface area contributed by atoms with Gasteiger partial charge < -0.3 is 14.8 Å². The summed E-state index contributed by atoms with van der Waals surface area (Å²) >= 11 is 6.08. The van der Waals surface area contributed by atoms with Crippen molar-refractivity contribution in [2.24, 2.45) is 0 Å². The Morgan fingerprint density at radius 3 is 2.43 bits per heavy atom. The van der Waals surface area contributed by atoms with E-state index in [2.05, 4.69) is 10.2 Å². The summed E-state index contributed by atoms with van der Waals surface area (Å²) in [6.45, 7) is 5.45. The van der Waals surface area contributed by atoms with Crippen molar-refractivity contribution in [3.63, 3.8) is 0 Å². The topological polar surface area (TPSA) is 50.8 Å². The third-order valence-electron chi connectivity index (χ3n) is 3.82. The highest BCUT2D eigenvalue weighted by Crippen LogP contribution is 2.33. The van der Waals surface area contributed by atoms with Gasteiger partial charge in [0, 0.05) is 32.2 Å². The molecule has 5 nitrogen and oxygen atoms in total. The van der Waals surface area contributed by atoms with E-state index < -0.39 is 0 Å². The van der Waals surface area contributed by atoms with Gasteiger partial charge >= 0.3 is 0 Å². The minimum Gasteiger partial charge on any atom is -0.496 e. The van der Waals surface area contributed by atoms with E-state index in [1.54, 1.807) is 12.1 Å². The van der Waals surface area contributed by atoms with Crippen molar-refractivity contribution >= 4 is 17.4 Å². The molecule has 1 aromatic rings. The van der Waals surface area contributed by atoms with Crippen LogP contribution in [0.3, 0.4) is 0 Å². The molecule has 0 spiro atoms. The van der Waals surface area contributed by atoms with E-state index >= 15 is 0 Å². The summed E-state index contributed by atoms with van der Waals surface area (Å²) in [6, 6.07) is 3.08. The largest absolute Gasteiger partial charge is 0.496 e. The molecule has 6 heteroatoms. The summed E-state index contributed by atoms with van der Waals surface area (Å²) in [5, 5.41) is 3.71. The normalized spacial score (nSPS) is 17.3. The third-order valence-corrected chi connectivity index (χ3v) is 4.11. The molecule has 0 amide bonds. The zero-order valence-electron chi connectivity index (χ0n) is 12.6. The maximum Gasteiger partial charge on any atom is 0.183 e. The van der Waals surface area contributed by atoms with Crippen LogP contribution < -0.4 is 14.8 Å². The van der Waals surface area contributed by atoms with Crippen LogP contribution in [-0.2, 0) is 0 Å². The number of nitrogens with one attached hydrogen (secondary N) is 1. The van der Waals surface area contributed by atoms with Crippen LogP contribution in [0.1, 0.15) is 17.3 Å². The smallest absolute Gasteiger partial charge is 0.183 e. The van der Waals surface area contributed by atoms with Crippen molar-refractivity contribution in [2.45, 2.75) is 13.0 Å². The van der Waals surface area contributed by atoms with E-state index in [9.17, 15) is 4.79 Å². The lowest BCUT2D eigenvalue weighted by molar-refractivity contribution is 0.0817. The van der Waals surface area contributed by atoms with Crippen LogP contribution in [0.15, 0.2) is 12.1 Å². The minimum absolute atomic E-state index is 0.0173. The molecule has 1 unspecified atom stereocenters. The first-order valence-electron chi connectivity index (χ1n) is 6.99. The van der Waals surface area contributed by atoms with Crippen LogP contribution in [0, 0.1) is 0 Å². The van der Waals surface area contributed by atoms with Crippen molar-refractivity contribution < 1.29 is 14.3 Å². The fraction of sp³-hybridized carbons (Fsp3) is 0.533. The third kappa shape index (κ3) is 3.48. The van der Waals surface area contributed by atoms with Crippen molar-refractivity contribution in [2.75, 3.05) is 40.4 Å². The fourth-order valence-corrected chi connectivity index (χ4v) is 2.74. The van der Waals surface area contributed by atoms with Crippen LogP contribution in [0.2, 0.25) is 5.02 Å². The molecule has 1 heterocycles. The zero-order chi connectivity index (χ0) is 15.4. The summed E-state index contributed by atoms with van der Waals surface area (Å²) in [6.07, 6.45) is 0. The number of ether oxygens (including phenoxy) is 2. The van der Waals surface area contributed by atoms with E-state index in [1.165, 1.54) is 14.2 Å². The van der Waals surface area contributed by atoms with Crippen molar-refractivity contribution in [3.8, 4) is 11.5 Å². The lowest BCUT2D eigenvalue weighted by Crippen LogP contribution is -2.50.